The van der Waals surface area contributed by atoms with E-state index in [4.69, 9.17) is 0 Å². The highest BCUT2D eigenvalue weighted by Gasteiger charge is 2.14. The SMILES string of the molecule is O=C(NCCc1nccs1)Nc1ccccc1N1CCCCCC1. The monoisotopic (exact) mass is 344 g/mol. The van der Waals surface area contributed by atoms with Gasteiger partial charge in [0.15, 0.2) is 0 Å². The molecule has 0 aliphatic carbocycles. The topological polar surface area (TPSA) is 57.3 Å². The van der Waals surface area contributed by atoms with Crippen LogP contribution in [-0.4, -0.2) is 30.6 Å². The van der Waals surface area contributed by atoms with Gasteiger partial charge in [0.2, 0.25) is 0 Å². The van der Waals surface area contributed by atoms with Crippen molar-refractivity contribution in [2.24, 2.45) is 0 Å². The summed E-state index contributed by atoms with van der Waals surface area (Å²) in [6, 6.07) is 7.91. The molecule has 1 aliphatic heterocycles. The fourth-order valence-electron chi connectivity index (χ4n) is 2.99. The predicted octanol–water partition coefficient (Wildman–Crippen LogP) is 3.89. The van der Waals surface area contributed by atoms with Crippen LogP contribution >= 0.6 is 11.3 Å². The third-order valence-corrected chi connectivity index (χ3v) is 5.05. The van der Waals surface area contributed by atoms with Crippen molar-refractivity contribution >= 4 is 28.7 Å². The lowest BCUT2D eigenvalue weighted by Crippen LogP contribution is -2.32. The van der Waals surface area contributed by atoms with Gasteiger partial charge in [-0.2, -0.15) is 0 Å². The van der Waals surface area contributed by atoms with Crippen LogP contribution in [0, 0.1) is 0 Å². The summed E-state index contributed by atoms with van der Waals surface area (Å²) in [7, 11) is 0. The minimum atomic E-state index is -0.158. The molecule has 3 rings (SSSR count). The number of amides is 2. The molecule has 2 heterocycles. The largest absolute Gasteiger partial charge is 0.370 e. The number of hydrogen-bond acceptors (Lipinski definition) is 4. The number of hydrogen-bond donors (Lipinski definition) is 2. The summed E-state index contributed by atoms with van der Waals surface area (Å²) >= 11 is 1.61. The molecule has 2 amide bonds. The number of anilines is 2. The van der Waals surface area contributed by atoms with E-state index in [1.54, 1.807) is 17.5 Å². The highest BCUT2D eigenvalue weighted by molar-refractivity contribution is 7.09. The molecule has 1 saturated heterocycles. The zero-order valence-corrected chi connectivity index (χ0v) is 14.6. The van der Waals surface area contributed by atoms with E-state index >= 15 is 0 Å². The van der Waals surface area contributed by atoms with Crippen LogP contribution in [0.4, 0.5) is 16.2 Å². The van der Waals surface area contributed by atoms with E-state index in [9.17, 15) is 4.79 Å². The molecular formula is C18H24N4OS. The van der Waals surface area contributed by atoms with Crippen molar-refractivity contribution in [3.05, 3.63) is 40.8 Å². The first-order valence-corrected chi connectivity index (χ1v) is 9.48. The maximum atomic E-state index is 12.2. The Bertz CT molecular complexity index is 636. The Morgan fingerprint density at radius 1 is 1.17 bits per heavy atom. The Labute approximate surface area is 147 Å². The number of benzene rings is 1. The standard InChI is InChI=1S/C18H24N4OS/c23-18(20-10-9-17-19-11-14-24-17)21-15-7-3-4-8-16(15)22-12-5-1-2-6-13-22/h3-4,7-8,11,14H,1-2,5-6,9-10,12-13H2,(H2,20,21,23). The molecule has 6 heteroatoms. The van der Waals surface area contributed by atoms with Crippen molar-refractivity contribution in [2.75, 3.05) is 29.9 Å². The second-order valence-corrected chi connectivity index (χ2v) is 6.95. The number of para-hydroxylation sites is 2. The summed E-state index contributed by atoms with van der Waals surface area (Å²) in [4.78, 5) is 18.8. The lowest BCUT2D eigenvalue weighted by atomic mass is 10.2. The van der Waals surface area contributed by atoms with Gasteiger partial charge in [-0.1, -0.05) is 25.0 Å². The molecule has 0 unspecified atom stereocenters. The first kappa shape index (κ1) is 16.8. The van der Waals surface area contributed by atoms with Crippen LogP contribution in [0.25, 0.3) is 0 Å². The van der Waals surface area contributed by atoms with Gasteiger partial charge in [0, 0.05) is 37.6 Å². The number of urea groups is 1. The van der Waals surface area contributed by atoms with Crippen LogP contribution in [0.2, 0.25) is 0 Å². The summed E-state index contributed by atoms with van der Waals surface area (Å²) in [5.74, 6) is 0. The fourth-order valence-corrected chi connectivity index (χ4v) is 3.61. The van der Waals surface area contributed by atoms with Crippen LogP contribution in [0.5, 0.6) is 0 Å². The molecule has 128 valence electrons. The zero-order valence-electron chi connectivity index (χ0n) is 13.8. The molecule has 0 spiro atoms. The number of rotatable bonds is 5. The molecule has 0 radical (unpaired) electrons. The van der Waals surface area contributed by atoms with Gasteiger partial charge >= 0.3 is 6.03 Å². The number of nitrogens with zero attached hydrogens (tertiary/aromatic N) is 2. The van der Waals surface area contributed by atoms with Crippen molar-refractivity contribution in [3.8, 4) is 0 Å². The van der Waals surface area contributed by atoms with E-state index in [1.807, 2.05) is 23.6 Å². The van der Waals surface area contributed by atoms with Gasteiger partial charge in [0.25, 0.3) is 0 Å². The van der Waals surface area contributed by atoms with Gasteiger partial charge in [-0.25, -0.2) is 9.78 Å². The van der Waals surface area contributed by atoms with Crippen LogP contribution < -0.4 is 15.5 Å². The second-order valence-electron chi connectivity index (χ2n) is 5.98. The Morgan fingerprint density at radius 2 is 1.96 bits per heavy atom. The van der Waals surface area contributed by atoms with Gasteiger partial charge in [-0.05, 0) is 25.0 Å². The van der Waals surface area contributed by atoms with Crippen molar-refractivity contribution < 1.29 is 4.79 Å². The van der Waals surface area contributed by atoms with E-state index in [2.05, 4.69) is 26.6 Å². The molecule has 2 aromatic rings. The lowest BCUT2D eigenvalue weighted by Gasteiger charge is -2.25. The number of thiazole rings is 1. The summed E-state index contributed by atoms with van der Waals surface area (Å²) < 4.78 is 0. The summed E-state index contributed by atoms with van der Waals surface area (Å²) in [6.45, 7) is 2.71. The molecule has 1 aromatic carbocycles. The maximum Gasteiger partial charge on any atom is 0.319 e. The summed E-state index contributed by atoms with van der Waals surface area (Å²) in [5, 5.41) is 8.90. The third kappa shape index (κ3) is 4.71. The van der Waals surface area contributed by atoms with Gasteiger partial charge in [0.05, 0.1) is 16.4 Å². The van der Waals surface area contributed by atoms with E-state index in [0.717, 1.165) is 35.9 Å². The van der Waals surface area contributed by atoms with Crippen LogP contribution in [0.3, 0.4) is 0 Å². The Morgan fingerprint density at radius 3 is 2.71 bits per heavy atom. The molecule has 1 fully saturated rings. The molecule has 24 heavy (non-hydrogen) atoms. The molecular weight excluding hydrogens is 320 g/mol. The average molecular weight is 344 g/mol. The summed E-state index contributed by atoms with van der Waals surface area (Å²) in [5.41, 5.74) is 2.00. The maximum absolute atomic E-state index is 12.2. The fraction of sp³-hybridized carbons (Fsp3) is 0.444. The molecule has 0 bridgehead atoms. The smallest absolute Gasteiger partial charge is 0.319 e. The van der Waals surface area contributed by atoms with E-state index in [1.165, 1.54) is 25.7 Å². The van der Waals surface area contributed by atoms with Crippen LogP contribution in [-0.2, 0) is 6.42 Å². The van der Waals surface area contributed by atoms with Crippen molar-refractivity contribution in [1.29, 1.82) is 0 Å². The predicted molar refractivity (Wildman–Crippen MR) is 100.0 cm³/mol. The zero-order chi connectivity index (χ0) is 16.6. The van der Waals surface area contributed by atoms with Crippen LogP contribution in [0.15, 0.2) is 35.8 Å². The lowest BCUT2D eigenvalue weighted by molar-refractivity contribution is 0.252. The normalized spacial score (nSPS) is 14.9. The molecule has 1 aliphatic rings. The van der Waals surface area contributed by atoms with Gasteiger partial charge < -0.3 is 15.5 Å². The summed E-state index contributed by atoms with van der Waals surface area (Å²) in [6.07, 6.45) is 7.58. The molecule has 2 N–H and O–H groups in total. The highest BCUT2D eigenvalue weighted by atomic mass is 32.1. The number of carbonyl (C=O) groups is 1. The van der Waals surface area contributed by atoms with Gasteiger partial charge in [0.1, 0.15) is 0 Å². The molecule has 5 nitrogen and oxygen atoms in total. The molecule has 0 saturated carbocycles. The second kappa shape index (κ2) is 8.68. The minimum Gasteiger partial charge on any atom is -0.370 e. The van der Waals surface area contributed by atoms with Gasteiger partial charge in [-0.3, -0.25) is 0 Å². The Kier molecular flexibility index (Phi) is 6.07. The first-order valence-electron chi connectivity index (χ1n) is 8.60. The third-order valence-electron chi connectivity index (χ3n) is 4.21. The molecule has 0 atom stereocenters. The van der Waals surface area contributed by atoms with Crippen molar-refractivity contribution in [1.82, 2.24) is 10.3 Å². The van der Waals surface area contributed by atoms with Crippen molar-refractivity contribution in [2.45, 2.75) is 32.1 Å². The van der Waals surface area contributed by atoms with Crippen molar-refractivity contribution in [3.63, 3.8) is 0 Å². The number of carbonyl (C=O) groups excluding carboxylic acids is 1. The van der Waals surface area contributed by atoms with E-state index in [0.29, 0.717) is 6.54 Å². The molecule has 1 aromatic heterocycles. The van der Waals surface area contributed by atoms with Crippen LogP contribution in [0.1, 0.15) is 30.7 Å². The minimum absolute atomic E-state index is 0.158. The number of aromatic nitrogens is 1. The Balaban J connectivity index is 1.56. The average Bonchev–Trinajstić information content (AvgIpc) is 2.96. The van der Waals surface area contributed by atoms with Gasteiger partial charge in [-0.15, -0.1) is 11.3 Å². The Hall–Kier alpha value is -2.08. The highest BCUT2D eigenvalue weighted by Crippen LogP contribution is 2.27. The van der Waals surface area contributed by atoms with E-state index < -0.39 is 0 Å². The van der Waals surface area contributed by atoms with E-state index in [-0.39, 0.29) is 6.03 Å². The first-order chi connectivity index (χ1) is 11.8. The quantitative estimate of drug-likeness (QED) is 0.865. The number of nitrogens with one attached hydrogen (secondary N) is 2.